The molecule has 0 amide bonds. The lowest BCUT2D eigenvalue weighted by Gasteiger charge is -2.39. The van der Waals surface area contributed by atoms with Crippen molar-refractivity contribution in [3.63, 3.8) is 0 Å². The second kappa shape index (κ2) is 15.1. The number of phenols is 1. The fourth-order valence-electron chi connectivity index (χ4n) is 5.34. The molecular formula is C31H36ClN5O8S. The van der Waals surface area contributed by atoms with E-state index in [0.29, 0.717) is 51.6 Å². The number of hydrogen-bond acceptors (Lipinski definition) is 12. The zero-order valence-electron chi connectivity index (χ0n) is 24.6. The van der Waals surface area contributed by atoms with Gasteiger partial charge in [0.25, 0.3) is 0 Å². The molecule has 0 aliphatic carbocycles. The number of carboxylic acids is 1. The molecule has 4 unspecified atom stereocenters. The minimum Gasteiger partial charge on any atom is -0.507 e. The number of hydrogen-bond donors (Lipinski definition) is 9. The number of likely N-dealkylation sites (tertiary alicyclic amines) is 1. The fourth-order valence-corrected chi connectivity index (χ4v) is 6.19. The maximum atomic E-state index is 10.9. The summed E-state index contributed by atoms with van der Waals surface area (Å²) in [6.45, 7) is 2.19. The Morgan fingerprint density at radius 2 is 1.72 bits per heavy atom. The normalized spacial score (nSPS) is 16.7. The summed E-state index contributed by atoms with van der Waals surface area (Å²) in [7, 11) is 0. The fraction of sp³-hybridized carbons (Fsp3) is 0.387. The van der Waals surface area contributed by atoms with E-state index in [1.807, 2.05) is 36.4 Å². The minimum atomic E-state index is -1.64. The topological polar surface area (TPSA) is 216 Å². The number of nitrogens with zero attached hydrogens (tertiary/aromatic N) is 3. The molecule has 4 atom stereocenters. The molecule has 46 heavy (non-hydrogen) atoms. The van der Waals surface area contributed by atoms with E-state index in [-0.39, 0.29) is 18.0 Å². The Morgan fingerprint density at radius 3 is 2.39 bits per heavy atom. The molecule has 1 saturated heterocycles. The number of fused-ring (bicyclic) bond motifs is 1. The van der Waals surface area contributed by atoms with Crippen LogP contribution in [0.15, 0.2) is 53.7 Å². The number of aromatic hydroxyl groups is 1. The highest BCUT2D eigenvalue weighted by atomic mass is 35.5. The van der Waals surface area contributed by atoms with Gasteiger partial charge in [0, 0.05) is 43.9 Å². The van der Waals surface area contributed by atoms with Crippen LogP contribution in [0.3, 0.4) is 0 Å². The van der Waals surface area contributed by atoms with Gasteiger partial charge in [0.2, 0.25) is 0 Å². The van der Waals surface area contributed by atoms with Crippen molar-refractivity contribution in [3.05, 3.63) is 59.1 Å². The third-order valence-corrected chi connectivity index (χ3v) is 8.97. The molecule has 4 aromatic rings. The standard InChI is InChI=1S/C31H36ClN5O8S/c32-21-8-22-30(36-31(34-22)46-15-26(42)43)35-27(21)19-4-2-18(3-5-19)20-6-1-16(7-23(20)39)11-37-12-17(13-37)9-33-10-24(40)28(44)29(45)25(41)14-38/h1-8,17,24-25,28-29,33,38-41,44-45H,9-15H2,(H,42,43)(H,34,35,36). The number of pyridine rings is 1. The lowest BCUT2D eigenvalue weighted by atomic mass is 9.97. The summed E-state index contributed by atoms with van der Waals surface area (Å²) in [4.78, 5) is 25.1. The second-order valence-corrected chi connectivity index (χ2v) is 12.7. The zero-order valence-corrected chi connectivity index (χ0v) is 26.2. The van der Waals surface area contributed by atoms with Crippen LogP contribution in [0.5, 0.6) is 5.75 Å². The Labute approximate surface area is 273 Å². The number of H-pyrrole nitrogens is 1. The number of aliphatic hydroxyl groups is 5. The number of carboxylic acid groups (broad SMARTS) is 1. The first kappa shape index (κ1) is 34.0. The van der Waals surface area contributed by atoms with Gasteiger partial charge in [-0.05, 0) is 29.2 Å². The van der Waals surface area contributed by atoms with Crippen LogP contribution in [0.1, 0.15) is 5.56 Å². The summed E-state index contributed by atoms with van der Waals surface area (Å²) in [5.41, 5.74) is 4.80. The quantitative estimate of drug-likeness (QED) is 0.0814. The van der Waals surface area contributed by atoms with Crippen LogP contribution >= 0.6 is 23.4 Å². The van der Waals surface area contributed by atoms with Gasteiger partial charge >= 0.3 is 5.97 Å². The molecule has 1 fully saturated rings. The summed E-state index contributed by atoms with van der Waals surface area (Å²) in [6, 6.07) is 14.8. The number of thioether (sulfide) groups is 1. The molecule has 1 aliphatic heterocycles. The van der Waals surface area contributed by atoms with Gasteiger partial charge in [-0.2, -0.15) is 0 Å². The van der Waals surface area contributed by atoms with Gasteiger partial charge in [0.05, 0.1) is 34.7 Å². The number of nitrogens with one attached hydrogen (secondary N) is 2. The molecule has 9 N–H and O–H groups in total. The van der Waals surface area contributed by atoms with Gasteiger partial charge in [-0.3, -0.25) is 9.69 Å². The molecule has 0 radical (unpaired) electrons. The lowest BCUT2D eigenvalue weighted by molar-refractivity contribution is -0.133. The number of aliphatic carboxylic acids is 1. The van der Waals surface area contributed by atoms with Crippen LogP contribution in [0, 0.1) is 5.92 Å². The van der Waals surface area contributed by atoms with Crippen LogP contribution in [0.2, 0.25) is 5.02 Å². The predicted octanol–water partition coefficient (Wildman–Crippen LogP) is 1.28. The predicted molar refractivity (Wildman–Crippen MR) is 173 cm³/mol. The molecule has 0 bridgehead atoms. The van der Waals surface area contributed by atoms with Gasteiger partial charge in [0.1, 0.15) is 24.1 Å². The van der Waals surface area contributed by atoms with Crippen LogP contribution in [0.25, 0.3) is 33.5 Å². The van der Waals surface area contributed by atoms with Gasteiger partial charge < -0.3 is 46.0 Å². The van der Waals surface area contributed by atoms with Crippen molar-refractivity contribution in [2.75, 3.05) is 38.5 Å². The highest BCUT2D eigenvalue weighted by Crippen LogP contribution is 2.34. The largest absolute Gasteiger partial charge is 0.507 e. The number of carbonyl (C=O) groups is 1. The summed E-state index contributed by atoms with van der Waals surface area (Å²) in [6.07, 6.45) is -6.05. The van der Waals surface area contributed by atoms with Crippen molar-refractivity contribution in [2.24, 2.45) is 5.92 Å². The second-order valence-electron chi connectivity index (χ2n) is 11.4. The Morgan fingerprint density at radius 1 is 1.02 bits per heavy atom. The van der Waals surface area contributed by atoms with Gasteiger partial charge in [-0.1, -0.05) is 59.8 Å². The van der Waals surface area contributed by atoms with Crippen molar-refractivity contribution < 1.29 is 40.5 Å². The maximum Gasteiger partial charge on any atom is 0.313 e. The van der Waals surface area contributed by atoms with E-state index in [1.54, 1.807) is 12.1 Å². The summed E-state index contributed by atoms with van der Waals surface area (Å²) in [5.74, 6) is -0.575. The van der Waals surface area contributed by atoms with E-state index in [0.717, 1.165) is 41.5 Å². The van der Waals surface area contributed by atoms with E-state index in [1.165, 1.54) is 0 Å². The first-order valence-electron chi connectivity index (χ1n) is 14.6. The average molecular weight is 674 g/mol. The molecule has 1 aliphatic rings. The van der Waals surface area contributed by atoms with Crippen molar-refractivity contribution in [1.29, 1.82) is 0 Å². The number of halogens is 1. The SMILES string of the molecule is O=C(O)CSc1nc2nc(-c3ccc(-c4ccc(CN5CC(CNCC(O)C(O)C(O)C(O)CO)C5)cc4O)cc3)c(Cl)cc2[nH]1. The molecule has 2 aromatic heterocycles. The number of phenolic OH excluding ortho intramolecular Hbond substituents is 1. The zero-order chi connectivity index (χ0) is 33.0. The average Bonchev–Trinajstić information content (AvgIpc) is 3.42. The van der Waals surface area contributed by atoms with Crippen LogP contribution < -0.4 is 5.32 Å². The molecule has 5 rings (SSSR count). The highest BCUT2D eigenvalue weighted by molar-refractivity contribution is 7.99. The van der Waals surface area contributed by atoms with Crippen molar-refractivity contribution in [1.82, 2.24) is 25.2 Å². The Hall–Kier alpha value is -3.31. The Balaban J connectivity index is 1.12. The third-order valence-electron chi connectivity index (χ3n) is 7.82. The third kappa shape index (κ3) is 8.15. The van der Waals surface area contributed by atoms with Crippen LogP contribution in [0.4, 0.5) is 0 Å². The van der Waals surface area contributed by atoms with Gasteiger partial charge in [0.15, 0.2) is 10.8 Å². The molecule has 2 aromatic carbocycles. The molecule has 13 nitrogen and oxygen atoms in total. The molecular weight excluding hydrogens is 638 g/mol. The van der Waals surface area contributed by atoms with Crippen molar-refractivity contribution in [2.45, 2.75) is 36.1 Å². The Kier molecular flexibility index (Phi) is 11.1. The number of aromatic nitrogens is 3. The summed E-state index contributed by atoms with van der Waals surface area (Å²) >= 11 is 7.58. The molecule has 0 saturated carbocycles. The number of rotatable bonds is 15. The Bertz CT molecular complexity index is 1650. The van der Waals surface area contributed by atoms with Gasteiger partial charge in [-0.15, -0.1) is 0 Å². The first-order chi connectivity index (χ1) is 22.0. The van der Waals surface area contributed by atoms with Crippen molar-refractivity contribution >= 4 is 40.5 Å². The number of benzene rings is 2. The van der Waals surface area contributed by atoms with E-state index >= 15 is 0 Å². The maximum absolute atomic E-state index is 10.9. The van der Waals surface area contributed by atoms with E-state index < -0.39 is 37.0 Å². The highest BCUT2D eigenvalue weighted by Gasteiger charge is 2.31. The lowest BCUT2D eigenvalue weighted by Crippen LogP contribution is -2.52. The number of aromatic amines is 1. The van der Waals surface area contributed by atoms with E-state index in [2.05, 4.69) is 25.2 Å². The number of imidazole rings is 1. The minimum absolute atomic E-state index is 0.0301. The summed E-state index contributed by atoms with van der Waals surface area (Å²) in [5, 5.41) is 71.6. The smallest absolute Gasteiger partial charge is 0.313 e. The van der Waals surface area contributed by atoms with Gasteiger partial charge in [-0.25, -0.2) is 9.97 Å². The van der Waals surface area contributed by atoms with E-state index in [4.69, 9.17) is 21.8 Å². The molecule has 3 heterocycles. The monoisotopic (exact) mass is 673 g/mol. The summed E-state index contributed by atoms with van der Waals surface area (Å²) < 4.78 is 0. The molecule has 0 spiro atoms. The molecule has 15 heteroatoms. The molecule has 246 valence electrons. The van der Waals surface area contributed by atoms with Crippen LogP contribution in [-0.2, 0) is 11.3 Å². The van der Waals surface area contributed by atoms with Crippen LogP contribution in [-0.4, -0.2) is 125 Å². The number of aliphatic hydroxyl groups excluding tert-OH is 5. The van der Waals surface area contributed by atoms with Crippen molar-refractivity contribution in [3.8, 4) is 28.1 Å². The first-order valence-corrected chi connectivity index (χ1v) is 16.0. The van der Waals surface area contributed by atoms with E-state index in [9.17, 15) is 30.3 Å².